The topological polar surface area (TPSA) is 94.1 Å². The van der Waals surface area contributed by atoms with Crippen molar-refractivity contribution in [2.75, 3.05) is 18.0 Å². The predicted octanol–water partition coefficient (Wildman–Crippen LogP) is 4.64. The van der Waals surface area contributed by atoms with Crippen molar-refractivity contribution in [1.82, 2.24) is 14.9 Å². The van der Waals surface area contributed by atoms with Gasteiger partial charge in [-0.05, 0) is 87.1 Å². The molecule has 3 heterocycles. The number of hydrogen-bond acceptors (Lipinski definition) is 6. The average Bonchev–Trinajstić information content (AvgIpc) is 3.27. The van der Waals surface area contributed by atoms with Crippen molar-refractivity contribution in [2.45, 2.75) is 77.3 Å². The number of nitrogens with one attached hydrogen (secondary N) is 2. The Labute approximate surface area is 223 Å². The maximum Gasteiger partial charge on any atom is 0.329 e. The summed E-state index contributed by atoms with van der Waals surface area (Å²) in [6.07, 6.45) is 8.22. The molecule has 37 heavy (non-hydrogen) atoms. The van der Waals surface area contributed by atoms with E-state index in [9.17, 15) is 14.4 Å². The molecular formula is C28H37N5O3S. The molecule has 2 N–H and O–H groups in total. The Morgan fingerprint density at radius 2 is 1.78 bits per heavy atom. The molecule has 8 nitrogen and oxygen atoms in total. The lowest BCUT2D eigenvalue weighted by Gasteiger charge is -2.34. The van der Waals surface area contributed by atoms with Crippen molar-refractivity contribution in [3.05, 3.63) is 34.7 Å². The monoisotopic (exact) mass is 523 g/mol. The number of benzene rings is 1. The van der Waals surface area contributed by atoms with E-state index in [0.29, 0.717) is 11.6 Å². The van der Waals surface area contributed by atoms with Crippen LogP contribution in [0.3, 0.4) is 0 Å². The predicted molar refractivity (Wildman–Crippen MR) is 148 cm³/mol. The first-order valence-electron chi connectivity index (χ1n) is 13.3. The molecule has 4 aliphatic rings. The molecule has 2 saturated heterocycles. The first-order valence-corrected chi connectivity index (χ1v) is 14.2. The Bertz CT molecular complexity index is 1160. The van der Waals surface area contributed by atoms with Gasteiger partial charge in [-0.15, -0.1) is 0 Å². The molecule has 198 valence electrons. The highest BCUT2D eigenvalue weighted by Crippen LogP contribution is 2.37. The molecule has 0 bridgehead atoms. The van der Waals surface area contributed by atoms with Crippen molar-refractivity contribution in [2.24, 2.45) is 16.8 Å². The number of carbonyl (C=O) groups excluding carboxylic acids is 3. The number of rotatable bonds is 5. The fourth-order valence-corrected chi connectivity index (χ4v) is 6.50. The molecule has 1 spiro atoms. The molecular weight excluding hydrogens is 486 g/mol. The van der Waals surface area contributed by atoms with Crippen LogP contribution in [0.15, 0.2) is 28.6 Å². The second-order valence-corrected chi connectivity index (χ2v) is 12.5. The van der Waals surface area contributed by atoms with E-state index in [1.165, 1.54) is 17.7 Å². The zero-order chi connectivity index (χ0) is 26.4. The molecule has 1 aliphatic carbocycles. The van der Waals surface area contributed by atoms with E-state index in [4.69, 9.17) is 4.99 Å². The fraction of sp³-hybridized carbons (Fsp3) is 0.571. The maximum atomic E-state index is 12.9. The number of imide groups is 1. The summed E-state index contributed by atoms with van der Waals surface area (Å²) < 4.78 is 2.28. The number of amidine groups is 1. The number of aryl methyl sites for hydroxylation is 1. The Balaban J connectivity index is 1.16. The van der Waals surface area contributed by atoms with Crippen molar-refractivity contribution in [1.29, 1.82) is 0 Å². The number of piperidine rings is 1. The van der Waals surface area contributed by atoms with Crippen LogP contribution in [0.2, 0.25) is 0 Å². The molecule has 3 fully saturated rings. The minimum Gasteiger partial charge on any atom is -0.323 e. The Hall–Kier alpha value is -2.65. The molecule has 9 heteroatoms. The van der Waals surface area contributed by atoms with Gasteiger partial charge in [-0.3, -0.25) is 14.6 Å². The molecule has 1 aromatic carbocycles. The number of anilines is 1. The van der Waals surface area contributed by atoms with E-state index in [1.54, 1.807) is 25.8 Å². The third kappa shape index (κ3) is 5.08. The van der Waals surface area contributed by atoms with Gasteiger partial charge in [0.15, 0.2) is 0 Å². The minimum atomic E-state index is -0.895. The summed E-state index contributed by atoms with van der Waals surface area (Å²) in [7, 11) is 0. The van der Waals surface area contributed by atoms with Gasteiger partial charge < -0.3 is 10.6 Å². The van der Waals surface area contributed by atoms with Crippen LogP contribution in [0.4, 0.5) is 10.5 Å². The highest BCUT2D eigenvalue weighted by Gasteiger charge is 2.47. The van der Waals surface area contributed by atoms with Crippen LogP contribution in [0.25, 0.3) is 6.08 Å². The normalized spacial score (nSPS) is 27.6. The second-order valence-electron chi connectivity index (χ2n) is 11.5. The number of aliphatic imine (C=N–C) groups is 1. The quantitative estimate of drug-likeness (QED) is 0.433. The van der Waals surface area contributed by atoms with Gasteiger partial charge in [0.1, 0.15) is 16.9 Å². The summed E-state index contributed by atoms with van der Waals surface area (Å²) in [6.45, 7) is 9.31. The zero-order valence-electron chi connectivity index (χ0n) is 22.2. The highest BCUT2D eigenvalue weighted by molar-refractivity contribution is 8.00. The van der Waals surface area contributed by atoms with E-state index in [2.05, 4.69) is 27.3 Å². The molecule has 1 saturated carbocycles. The fourth-order valence-electron chi connectivity index (χ4n) is 5.73. The zero-order valence-corrected chi connectivity index (χ0v) is 23.0. The third-order valence-electron chi connectivity index (χ3n) is 8.28. The second kappa shape index (κ2) is 9.91. The van der Waals surface area contributed by atoms with Crippen LogP contribution in [0, 0.1) is 18.8 Å². The first-order chi connectivity index (χ1) is 17.6. The van der Waals surface area contributed by atoms with Crippen molar-refractivity contribution in [3.63, 3.8) is 0 Å². The molecule has 0 radical (unpaired) electrons. The van der Waals surface area contributed by atoms with Crippen molar-refractivity contribution < 1.29 is 14.4 Å². The van der Waals surface area contributed by atoms with E-state index in [1.807, 2.05) is 31.2 Å². The van der Waals surface area contributed by atoms with Crippen molar-refractivity contribution in [3.8, 4) is 0 Å². The largest absolute Gasteiger partial charge is 0.329 e. The average molecular weight is 524 g/mol. The van der Waals surface area contributed by atoms with E-state index in [0.717, 1.165) is 61.7 Å². The maximum absolute atomic E-state index is 12.9. The summed E-state index contributed by atoms with van der Waals surface area (Å²) in [6, 6.07) is 5.22. The van der Waals surface area contributed by atoms with Crippen LogP contribution in [0.5, 0.6) is 0 Å². The molecule has 0 atom stereocenters. The van der Waals surface area contributed by atoms with Crippen LogP contribution < -0.4 is 15.5 Å². The smallest absolute Gasteiger partial charge is 0.323 e. The van der Waals surface area contributed by atoms with Crippen LogP contribution in [-0.4, -0.2) is 52.2 Å². The van der Waals surface area contributed by atoms with Gasteiger partial charge in [0.05, 0.1) is 5.69 Å². The third-order valence-corrected chi connectivity index (χ3v) is 9.20. The summed E-state index contributed by atoms with van der Waals surface area (Å²) in [5.41, 5.74) is 1.11. The molecule has 5 rings (SSSR count). The summed E-state index contributed by atoms with van der Waals surface area (Å²) >= 11 is 1.65. The molecule has 1 aromatic rings. The number of hydrogen-bond donors (Lipinski definition) is 2. The van der Waals surface area contributed by atoms with Crippen LogP contribution >= 0.6 is 11.9 Å². The number of carbonyl (C=O) groups is 3. The molecule has 3 aliphatic heterocycles. The number of urea groups is 1. The van der Waals surface area contributed by atoms with Gasteiger partial charge in [0.2, 0.25) is 0 Å². The molecule has 0 aromatic heterocycles. The van der Waals surface area contributed by atoms with Crippen molar-refractivity contribution >= 4 is 47.4 Å². The molecule has 4 amide bonds. The van der Waals surface area contributed by atoms with Gasteiger partial charge in [-0.1, -0.05) is 37.8 Å². The van der Waals surface area contributed by atoms with Crippen LogP contribution in [-0.2, 0) is 9.59 Å². The van der Waals surface area contributed by atoms with Gasteiger partial charge >= 0.3 is 6.03 Å². The van der Waals surface area contributed by atoms with Gasteiger partial charge in [0, 0.05) is 19.0 Å². The van der Waals surface area contributed by atoms with Crippen LogP contribution in [0.1, 0.15) is 70.4 Å². The van der Waals surface area contributed by atoms with E-state index < -0.39 is 17.1 Å². The van der Waals surface area contributed by atoms with Gasteiger partial charge in [-0.25, -0.2) is 14.0 Å². The lowest BCUT2D eigenvalue weighted by molar-refractivity contribution is -0.125. The van der Waals surface area contributed by atoms with Gasteiger partial charge in [0.25, 0.3) is 11.8 Å². The van der Waals surface area contributed by atoms with E-state index in [-0.39, 0.29) is 11.8 Å². The molecule has 0 unspecified atom stereocenters. The summed E-state index contributed by atoms with van der Waals surface area (Å²) in [5, 5.41) is 7.92. The lowest BCUT2D eigenvalue weighted by atomic mass is 9.82. The highest BCUT2D eigenvalue weighted by atomic mass is 32.2. The number of amides is 4. The Morgan fingerprint density at radius 1 is 1.08 bits per heavy atom. The first kappa shape index (κ1) is 26.0. The van der Waals surface area contributed by atoms with E-state index >= 15 is 0 Å². The lowest BCUT2D eigenvalue weighted by Crippen LogP contribution is -2.47. The standard InChI is InChI=1S/C28H37N5O3S/c1-18-5-7-21(8-6-18)23-29-24(34)28(30-23)12-14-32(15-13-28)37-16-11-20-9-10-22(17-19(20)2)33-25(35)27(3,4)31-26(33)36/h9-11,16-18,21H,5-8,12-15H2,1-4H3,(H,31,36)(H,29,30,34)/b16-11+. The summed E-state index contributed by atoms with van der Waals surface area (Å²) in [4.78, 5) is 44.0. The Kier molecular flexibility index (Phi) is 6.96. The van der Waals surface area contributed by atoms with Gasteiger partial charge in [-0.2, -0.15) is 0 Å². The Morgan fingerprint density at radius 3 is 2.41 bits per heavy atom. The minimum absolute atomic E-state index is 0.0885. The number of nitrogens with zero attached hydrogens (tertiary/aromatic N) is 3. The SMILES string of the molecule is Cc1cc(N2C(=O)NC(C)(C)C2=O)ccc1/C=C/SN1CCC2(CC1)N=C(C1CCC(C)CC1)NC2=O. The summed E-state index contributed by atoms with van der Waals surface area (Å²) in [5.74, 6) is 1.97.